The van der Waals surface area contributed by atoms with E-state index in [9.17, 15) is 9.59 Å². The zero-order chi connectivity index (χ0) is 31.1. The molecule has 0 spiro atoms. The van der Waals surface area contributed by atoms with E-state index in [2.05, 4.69) is 47.4 Å². The lowest BCUT2D eigenvalue weighted by atomic mass is 9.99. The normalized spacial score (nSPS) is 12.2. The fourth-order valence-electron chi connectivity index (χ4n) is 5.23. The average molecular weight is 746 g/mol. The highest BCUT2D eigenvalue weighted by Crippen LogP contribution is 2.39. The predicted molar refractivity (Wildman–Crippen MR) is 181 cm³/mol. The topological polar surface area (TPSA) is 102 Å². The van der Waals surface area contributed by atoms with Crippen molar-refractivity contribution >= 4 is 83.2 Å². The number of aromatic amines is 1. The Bertz CT molecular complexity index is 2200. The number of fused-ring (bicyclic) bond motifs is 4. The molecule has 0 fully saturated rings. The number of H-pyrrole nitrogens is 1. The number of nitrogens with one attached hydrogen (secondary N) is 2. The molecule has 5 aromatic carbocycles. The molecule has 2 heterocycles. The van der Waals surface area contributed by atoms with Crippen LogP contribution in [0.2, 0.25) is 5.02 Å². The Balaban J connectivity index is 1.21. The van der Waals surface area contributed by atoms with E-state index in [0.29, 0.717) is 47.9 Å². The third-order valence-corrected chi connectivity index (χ3v) is 8.65. The summed E-state index contributed by atoms with van der Waals surface area (Å²) in [6.07, 6.45) is 1.41. The van der Waals surface area contributed by atoms with Crippen molar-refractivity contribution < 1.29 is 23.8 Å². The number of hydrogen-bond donors (Lipinski definition) is 2. The van der Waals surface area contributed by atoms with Gasteiger partial charge < -0.3 is 19.2 Å². The van der Waals surface area contributed by atoms with E-state index in [1.807, 2.05) is 54.6 Å². The van der Waals surface area contributed by atoms with E-state index < -0.39 is 11.9 Å². The van der Waals surface area contributed by atoms with Crippen molar-refractivity contribution in [3.8, 4) is 28.4 Å². The number of rotatable bonds is 6. The van der Waals surface area contributed by atoms with Crippen LogP contribution < -0.4 is 19.6 Å². The van der Waals surface area contributed by atoms with Crippen molar-refractivity contribution in [1.29, 1.82) is 0 Å². The summed E-state index contributed by atoms with van der Waals surface area (Å²) < 4.78 is 17.7. The highest BCUT2D eigenvalue weighted by atomic mass is 79.9. The fourth-order valence-corrected chi connectivity index (χ4v) is 6.80. The number of halogens is 3. The second-order valence-corrected chi connectivity index (χ2v) is 12.2. The van der Waals surface area contributed by atoms with Gasteiger partial charge in [0, 0.05) is 37.0 Å². The van der Waals surface area contributed by atoms with E-state index in [-0.39, 0.29) is 18.1 Å². The monoisotopic (exact) mass is 743 g/mol. The smallest absolute Gasteiger partial charge is 0.343 e. The second-order valence-electron chi connectivity index (χ2n) is 10.0. The molecule has 0 saturated carbocycles. The number of hydrogen-bond acceptors (Lipinski definition) is 6. The van der Waals surface area contributed by atoms with E-state index in [1.54, 1.807) is 36.4 Å². The fraction of sp³-hybridized carbons (Fsp3) is 0.0294. The highest BCUT2D eigenvalue weighted by molar-refractivity contribution is 9.11. The number of benzene rings is 5. The van der Waals surface area contributed by atoms with Crippen molar-refractivity contribution in [2.75, 3.05) is 6.79 Å². The van der Waals surface area contributed by atoms with E-state index >= 15 is 0 Å². The van der Waals surface area contributed by atoms with Gasteiger partial charge in [0.15, 0.2) is 17.2 Å². The summed E-state index contributed by atoms with van der Waals surface area (Å²) in [7, 11) is 0. The Morgan fingerprint density at radius 1 is 0.911 bits per heavy atom. The van der Waals surface area contributed by atoms with Crippen LogP contribution in [-0.4, -0.2) is 29.9 Å². The summed E-state index contributed by atoms with van der Waals surface area (Å²) in [6.45, 7) is 0.0907. The summed E-state index contributed by atoms with van der Waals surface area (Å²) in [5, 5.41) is 7.60. The number of hydrazone groups is 1. The lowest BCUT2D eigenvalue weighted by Gasteiger charge is -2.11. The molecule has 45 heavy (non-hydrogen) atoms. The maximum absolute atomic E-state index is 13.7. The number of carbonyl (C=O) groups is 2. The van der Waals surface area contributed by atoms with Crippen LogP contribution in [0.3, 0.4) is 0 Å². The SMILES string of the molecule is O=C(Oc1c(Br)cc(Br)cc1C=NNC(=O)c1[nH]c2c(ccc3ccccc32)c1-c1ccccc1Cl)c1ccc2c(c1)OCO2. The molecule has 1 aromatic heterocycles. The summed E-state index contributed by atoms with van der Waals surface area (Å²) >= 11 is 13.6. The molecule has 0 radical (unpaired) electrons. The van der Waals surface area contributed by atoms with Crippen LogP contribution in [0.1, 0.15) is 26.4 Å². The third kappa shape index (κ3) is 5.56. The van der Waals surface area contributed by atoms with Crippen molar-refractivity contribution in [3.05, 3.63) is 122 Å². The molecule has 0 bridgehead atoms. The Hall–Kier alpha value is -4.64. The van der Waals surface area contributed by atoms with Crippen LogP contribution in [0.25, 0.3) is 32.8 Å². The lowest BCUT2D eigenvalue weighted by molar-refractivity contribution is 0.0732. The standard InChI is InChI=1S/C34H20Br2ClN3O5/c35-21-13-20(32(25(36)15-21)45-34(42)19-10-12-27-28(14-19)44-17-43-27)16-38-40-33(41)31-29(23-7-3-4-8-26(23)37)24-11-9-18-5-1-2-6-22(18)30(24)39-31/h1-16,39H,17H2,(H,40,41). The van der Waals surface area contributed by atoms with Gasteiger partial charge >= 0.3 is 5.97 Å². The maximum Gasteiger partial charge on any atom is 0.343 e. The first-order valence-corrected chi connectivity index (χ1v) is 15.6. The quantitative estimate of drug-likeness (QED) is 0.0768. The van der Waals surface area contributed by atoms with E-state index in [4.69, 9.17) is 25.8 Å². The van der Waals surface area contributed by atoms with Gasteiger partial charge in [0.05, 0.1) is 21.8 Å². The van der Waals surface area contributed by atoms with E-state index in [0.717, 1.165) is 21.7 Å². The van der Waals surface area contributed by atoms with Gasteiger partial charge in [0.25, 0.3) is 5.91 Å². The molecule has 1 amide bonds. The number of ether oxygens (including phenoxy) is 3. The van der Waals surface area contributed by atoms with Crippen molar-refractivity contribution in [3.63, 3.8) is 0 Å². The van der Waals surface area contributed by atoms with Crippen LogP contribution in [0.4, 0.5) is 0 Å². The van der Waals surface area contributed by atoms with Gasteiger partial charge in [-0.2, -0.15) is 5.10 Å². The molecule has 1 aliphatic heterocycles. The number of esters is 1. The molecule has 222 valence electrons. The molecule has 6 aromatic rings. The van der Waals surface area contributed by atoms with Crippen LogP contribution in [0.5, 0.6) is 17.2 Å². The highest BCUT2D eigenvalue weighted by Gasteiger charge is 2.23. The molecule has 0 atom stereocenters. The van der Waals surface area contributed by atoms with Crippen molar-refractivity contribution in [1.82, 2.24) is 10.4 Å². The summed E-state index contributed by atoms with van der Waals surface area (Å²) in [5.41, 5.74) is 5.82. The Morgan fingerprint density at radius 2 is 1.71 bits per heavy atom. The van der Waals surface area contributed by atoms with Gasteiger partial charge in [-0.15, -0.1) is 0 Å². The molecule has 2 N–H and O–H groups in total. The first-order chi connectivity index (χ1) is 21.9. The minimum atomic E-state index is -0.607. The summed E-state index contributed by atoms with van der Waals surface area (Å²) in [5.74, 6) is 0.151. The second kappa shape index (κ2) is 12.0. The van der Waals surface area contributed by atoms with Gasteiger partial charge in [-0.1, -0.05) is 82.1 Å². The Labute approximate surface area is 278 Å². The lowest BCUT2D eigenvalue weighted by Crippen LogP contribution is -2.19. The first kappa shape index (κ1) is 29.1. The molecular weight excluding hydrogens is 726 g/mol. The zero-order valence-electron chi connectivity index (χ0n) is 23.1. The zero-order valence-corrected chi connectivity index (χ0v) is 27.0. The van der Waals surface area contributed by atoms with Gasteiger partial charge in [-0.25, -0.2) is 10.2 Å². The molecule has 8 nitrogen and oxygen atoms in total. The van der Waals surface area contributed by atoms with E-state index in [1.165, 1.54) is 6.21 Å². The Kier molecular flexibility index (Phi) is 7.78. The van der Waals surface area contributed by atoms with Gasteiger partial charge in [0.1, 0.15) is 5.69 Å². The molecule has 0 saturated heterocycles. The molecule has 7 rings (SSSR count). The number of aromatic nitrogens is 1. The summed E-state index contributed by atoms with van der Waals surface area (Å²) in [4.78, 5) is 30.1. The summed E-state index contributed by atoms with van der Waals surface area (Å²) in [6, 6.07) is 27.6. The van der Waals surface area contributed by atoms with Crippen LogP contribution in [-0.2, 0) is 0 Å². The Morgan fingerprint density at radius 3 is 2.58 bits per heavy atom. The number of carbonyl (C=O) groups excluding carboxylic acids is 2. The molecule has 1 aliphatic rings. The van der Waals surface area contributed by atoms with Crippen molar-refractivity contribution in [2.45, 2.75) is 0 Å². The number of amides is 1. The molecule has 11 heteroatoms. The molecule has 0 unspecified atom stereocenters. The largest absolute Gasteiger partial charge is 0.454 e. The third-order valence-electron chi connectivity index (χ3n) is 7.28. The molecular formula is C34H20Br2ClN3O5. The number of nitrogens with zero attached hydrogens (tertiary/aromatic N) is 1. The minimum Gasteiger partial charge on any atom is -0.454 e. The van der Waals surface area contributed by atoms with Crippen LogP contribution >= 0.6 is 43.5 Å². The average Bonchev–Trinajstić information content (AvgIpc) is 3.67. The van der Waals surface area contributed by atoms with Gasteiger partial charge in [-0.05, 0) is 57.7 Å². The first-order valence-electron chi connectivity index (χ1n) is 13.6. The van der Waals surface area contributed by atoms with Crippen molar-refractivity contribution in [2.24, 2.45) is 5.10 Å². The maximum atomic E-state index is 13.7. The molecule has 0 aliphatic carbocycles. The predicted octanol–water partition coefficient (Wildman–Crippen LogP) is 8.88. The van der Waals surface area contributed by atoms with Gasteiger partial charge in [0.2, 0.25) is 6.79 Å². The van der Waals surface area contributed by atoms with Crippen LogP contribution in [0.15, 0.2) is 105 Å². The van der Waals surface area contributed by atoms with Gasteiger partial charge in [-0.3, -0.25) is 4.79 Å². The van der Waals surface area contributed by atoms with Crippen LogP contribution in [0, 0.1) is 0 Å². The minimum absolute atomic E-state index is 0.0907.